The quantitative estimate of drug-likeness (QED) is 0.252. The molecule has 4 aromatic heterocycles. The molecule has 186 valence electrons. The molecule has 7 rings (SSSR count). The number of nitrogens with zero attached hydrogens (tertiary/aromatic N) is 6. The van der Waals surface area contributed by atoms with E-state index in [-0.39, 0.29) is 0 Å². The van der Waals surface area contributed by atoms with E-state index >= 15 is 0 Å². The number of aromatic amines is 3. The second-order valence-corrected chi connectivity index (χ2v) is 8.92. The van der Waals surface area contributed by atoms with Crippen molar-refractivity contribution in [1.82, 2.24) is 45.5 Å². The molecular formula is C30H21N9. The van der Waals surface area contributed by atoms with Gasteiger partial charge in [-0.1, -0.05) is 72.8 Å². The molecule has 0 aliphatic carbocycles. The number of hydrogen-bond acceptors (Lipinski definition) is 6. The van der Waals surface area contributed by atoms with Crippen LogP contribution in [0.2, 0.25) is 0 Å². The third-order valence-electron chi connectivity index (χ3n) is 6.45. The van der Waals surface area contributed by atoms with Crippen LogP contribution in [0.1, 0.15) is 0 Å². The highest BCUT2D eigenvalue weighted by molar-refractivity contribution is 5.71. The smallest absolute Gasteiger partial charge is 0.164 e. The molecule has 4 heterocycles. The van der Waals surface area contributed by atoms with E-state index < -0.39 is 0 Å². The van der Waals surface area contributed by atoms with E-state index in [9.17, 15) is 0 Å². The minimum Gasteiger partial charge on any atom is -0.285 e. The Bertz CT molecular complexity index is 1570. The number of H-pyrrole nitrogens is 3. The van der Waals surface area contributed by atoms with Crippen molar-refractivity contribution < 1.29 is 0 Å². The Morgan fingerprint density at radius 3 is 0.795 bits per heavy atom. The zero-order valence-corrected chi connectivity index (χ0v) is 20.6. The molecule has 39 heavy (non-hydrogen) atoms. The van der Waals surface area contributed by atoms with Gasteiger partial charge in [-0.25, -0.2) is 15.0 Å². The van der Waals surface area contributed by atoms with Gasteiger partial charge in [-0.05, 0) is 18.2 Å². The van der Waals surface area contributed by atoms with Gasteiger partial charge in [0.2, 0.25) is 0 Å². The zero-order chi connectivity index (χ0) is 26.0. The van der Waals surface area contributed by atoms with Gasteiger partial charge in [-0.2, -0.15) is 15.3 Å². The van der Waals surface area contributed by atoms with Gasteiger partial charge < -0.3 is 0 Å². The van der Waals surface area contributed by atoms with Gasteiger partial charge in [0.05, 0.1) is 17.1 Å². The van der Waals surface area contributed by atoms with Crippen molar-refractivity contribution in [3.05, 3.63) is 110 Å². The van der Waals surface area contributed by atoms with Crippen LogP contribution in [0, 0.1) is 0 Å². The topological polar surface area (TPSA) is 125 Å². The molecule has 0 unspecified atom stereocenters. The average molecular weight is 508 g/mol. The number of rotatable bonds is 6. The summed E-state index contributed by atoms with van der Waals surface area (Å²) >= 11 is 0. The summed E-state index contributed by atoms with van der Waals surface area (Å²) in [6, 6.07) is 30.0. The zero-order valence-electron chi connectivity index (χ0n) is 20.6. The van der Waals surface area contributed by atoms with Crippen molar-refractivity contribution in [2.24, 2.45) is 0 Å². The normalized spacial score (nSPS) is 11.1. The first-order chi connectivity index (χ1) is 19.3. The number of nitrogens with one attached hydrogen (secondary N) is 3. The Morgan fingerprint density at radius 1 is 0.308 bits per heavy atom. The van der Waals surface area contributed by atoms with Crippen molar-refractivity contribution >= 4 is 0 Å². The fourth-order valence-corrected chi connectivity index (χ4v) is 4.40. The molecule has 0 radical (unpaired) electrons. The van der Waals surface area contributed by atoms with Crippen LogP contribution in [0.4, 0.5) is 0 Å². The molecule has 0 aliphatic rings. The molecule has 9 nitrogen and oxygen atoms in total. The molecule has 0 bridgehead atoms. The van der Waals surface area contributed by atoms with E-state index in [1.165, 1.54) is 0 Å². The van der Waals surface area contributed by atoms with E-state index in [0.717, 1.165) is 50.5 Å². The van der Waals surface area contributed by atoms with Gasteiger partial charge in [0.25, 0.3) is 0 Å². The number of benzene rings is 3. The summed E-state index contributed by atoms with van der Waals surface area (Å²) < 4.78 is 0. The van der Waals surface area contributed by atoms with E-state index in [4.69, 9.17) is 15.0 Å². The first-order valence-electron chi connectivity index (χ1n) is 12.4. The van der Waals surface area contributed by atoms with Crippen LogP contribution < -0.4 is 0 Å². The van der Waals surface area contributed by atoms with Crippen LogP contribution >= 0.6 is 0 Å². The minimum absolute atomic E-state index is 0.594. The highest BCUT2D eigenvalue weighted by Crippen LogP contribution is 2.28. The van der Waals surface area contributed by atoms with Gasteiger partial charge in [0, 0.05) is 52.0 Å². The summed E-state index contributed by atoms with van der Waals surface area (Å²) in [5, 5.41) is 21.4. The maximum Gasteiger partial charge on any atom is 0.164 e. The second-order valence-electron chi connectivity index (χ2n) is 8.92. The molecule has 0 fully saturated rings. The molecule has 0 saturated heterocycles. The summed E-state index contributed by atoms with van der Waals surface area (Å²) in [6.45, 7) is 0. The first kappa shape index (κ1) is 22.5. The fraction of sp³-hybridized carbons (Fsp3) is 0. The molecule has 0 aliphatic heterocycles. The number of hydrogen-bond donors (Lipinski definition) is 3. The van der Waals surface area contributed by atoms with Crippen LogP contribution in [-0.4, -0.2) is 45.5 Å². The van der Waals surface area contributed by atoms with Crippen LogP contribution in [0.3, 0.4) is 0 Å². The molecule has 3 N–H and O–H groups in total. The lowest BCUT2D eigenvalue weighted by molar-refractivity contribution is 1.07. The summed E-state index contributed by atoms with van der Waals surface area (Å²) in [6.07, 6.45) is 5.42. The minimum atomic E-state index is 0.594. The van der Waals surface area contributed by atoms with Crippen molar-refractivity contribution in [1.29, 1.82) is 0 Å². The van der Waals surface area contributed by atoms with E-state index in [1.807, 2.05) is 110 Å². The van der Waals surface area contributed by atoms with Crippen LogP contribution in [-0.2, 0) is 0 Å². The fourth-order valence-electron chi connectivity index (χ4n) is 4.40. The average Bonchev–Trinajstić information content (AvgIpc) is 3.82. The first-order valence-corrected chi connectivity index (χ1v) is 12.4. The lowest BCUT2D eigenvalue weighted by atomic mass is 10.1. The monoisotopic (exact) mass is 507 g/mol. The Labute approximate surface area is 223 Å². The Kier molecular flexibility index (Phi) is 5.56. The van der Waals surface area contributed by atoms with Gasteiger partial charge in [-0.15, -0.1) is 0 Å². The molecule has 0 spiro atoms. The van der Waals surface area contributed by atoms with E-state index in [2.05, 4.69) is 30.6 Å². The van der Waals surface area contributed by atoms with Crippen LogP contribution in [0.25, 0.3) is 67.9 Å². The summed E-state index contributed by atoms with van der Waals surface area (Å²) in [5.41, 5.74) is 8.35. The third kappa shape index (κ3) is 4.49. The van der Waals surface area contributed by atoms with Gasteiger partial charge in [0.1, 0.15) is 0 Å². The lowest BCUT2D eigenvalue weighted by Gasteiger charge is -2.09. The predicted octanol–water partition coefficient (Wildman–Crippen LogP) is 6.04. The van der Waals surface area contributed by atoms with Crippen LogP contribution in [0.5, 0.6) is 0 Å². The molecular weight excluding hydrogens is 486 g/mol. The van der Waals surface area contributed by atoms with Gasteiger partial charge in [0.15, 0.2) is 17.5 Å². The SMILES string of the molecule is c1cc(-c2ccc(-c3nc(-c4ccc(-c5cc[nH]n5)cc4)nc(-c4ccc(-c5cc[nH]n5)cc4)n3)cc2)n[nH]1. The van der Waals surface area contributed by atoms with Crippen molar-refractivity contribution in [2.75, 3.05) is 0 Å². The Balaban J connectivity index is 1.30. The molecule has 0 atom stereocenters. The predicted molar refractivity (Wildman–Crippen MR) is 149 cm³/mol. The highest BCUT2D eigenvalue weighted by atomic mass is 15.1. The van der Waals surface area contributed by atoms with Crippen molar-refractivity contribution in [3.63, 3.8) is 0 Å². The molecule has 9 heteroatoms. The van der Waals surface area contributed by atoms with E-state index in [0.29, 0.717) is 17.5 Å². The van der Waals surface area contributed by atoms with Gasteiger partial charge in [-0.3, -0.25) is 15.3 Å². The molecule has 3 aromatic carbocycles. The van der Waals surface area contributed by atoms with Crippen molar-refractivity contribution in [3.8, 4) is 67.9 Å². The third-order valence-corrected chi connectivity index (χ3v) is 6.45. The Morgan fingerprint density at radius 2 is 0.564 bits per heavy atom. The Hall–Kier alpha value is -5.70. The van der Waals surface area contributed by atoms with Gasteiger partial charge >= 0.3 is 0 Å². The maximum absolute atomic E-state index is 4.86. The highest BCUT2D eigenvalue weighted by Gasteiger charge is 2.14. The summed E-state index contributed by atoms with van der Waals surface area (Å²) in [7, 11) is 0. The lowest BCUT2D eigenvalue weighted by Crippen LogP contribution is -2.00. The molecule has 7 aromatic rings. The maximum atomic E-state index is 4.86. The molecule has 0 saturated carbocycles. The van der Waals surface area contributed by atoms with Crippen molar-refractivity contribution in [2.45, 2.75) is 0 Å². The standard InChI is InChI=1S/C30H21N9/c1-7-22(8-2-19(1)25-13-16-31-37-25)28-34-29(23-9-3-20(4-10-23)26-14-17-32-38-26)36-30(35-28)24-11-5-21(6-12-24)27-15-18-33-39-27/h1-18H,(H,31,37)(H,32,38)(H,33,39). The largest absolute Gasteiger partial charge is 0.285 e. The second kappa shape index (κ2) is 9.64. The summed E-state index contributed by atoms with van der Waals surface area (Å²) in [4.78, 5) is 14.6. The van der Waals surface area contributed by atoms with E-state index in [1.54, 1.807) is 0 Å². The number of aromatic nitrogens is 9. The van der Waals surface area contributed by atoms with Crippen LogP contribution in [0.15, 0.2) is 110 Å². The molecule has 0 amide bonds. The summed E-state index contributed by atoms with van der Waals surface area (Å²) in [5.74, 6) is 1.78.